The maximum Gasteiger partial charge on any atom is 0.207 e. The summed E-state index contributed by atoms with van der Waals surface area (Å²) in [6.45, 7) is 15.9. The molecular weight excluding hydrogens is 447 g/mol. The Morgan fingerprint density at radius 3 is 1.68 bits per heavy atom. The summed E-state index contributed by atoms with van der Waals surface area (Å²) >= 11 is 0. The van der Waals surface area contributed by atoms with Gasteiger partial charge < -0.3 is 34.3 Å². The number of piperazine rings is 1. The number of amides is 1. The van der Waals surface area contributed by atoms with Gasteiger partial charge in [-0.2, -0.15) is 0 Å². The molecule has 0 radical (unpaired) electrons. The number of likely N-dealkylation sites (N-methyl/N-ethyl adjacent to an activating group) is 1. The van der Waals surface area contributed by atoms with Gasteiger partial charge in [0, 0.05) is 45.8 Å². The van der Waals surface area contributed by atoms with Crippen LogP contribution in [0, 0.1) is 0 Å². The molecule has 1 rings (SSSR count). The summed E-state index contributed by atoms with van der Waals surface area (Å²) in [5.74, 6) is 0. The molecule has 2 N–H and O–H groups in total. The Kier molecular flexibility index (Phi) is 26.0. The minimum atomic E-state index is -1.16. The molecule has 1 heterocycles. The molecule has 1 fully saturated rings. The second kappa shape index (κ2) is 26.7. The van der Waals surface area contributed by atoms with Crippen molar-refractivity contribution in [1.29, 1.82) is 0 Å². The second-order valence-electron chi connectivity index (χ2n) is 7.43. The molecule has 0 aromatic rings. The topological polar surface area (TPSA) is 93.8 Å². The highest BCUT2D eigenvalue weighted by Gasteiger charge is 2.16. The Balaban J connectivity index is 0.00000529. The number of carbonyl (C=O) groups is 1. The highest BCUT2D eigenvalue weighted by Crippen LogP contribution is 2.01. The number of alkyl halides is 1. The van der Waals surface area contributed by atoms with Crippen molar-refractivity contribution in [2.24, 2.45) is 0 Å². The van der Waals surface area contributed by atoms with Crippen LogP contribution in [0.4, 0.5) is 4.39 Å². The van der Waals surface area contributed by atoms with Crippen molar-refractivity contribution in [3.63, 3.8) is 0 Å². The molecule has 34 heavy (non-hydrogen) atoms. The molecule has 1 unspecified atom stereocenters. The zero-order chi connectivity index (χ0) is 25.1. The highest BCUT2D eigenvalue weighted by atomic mass is 19.1. The average molecular weight is 497 g/mol. The first-order chi connectivity index (χ1) is 16.8. The molecule has 0 aromatic carbocycles. The predicted octanol–water partition coefficient (Wildman–Crippen LogP) is 0.0167. The molecule has 11 heteroatoms. The monoisotopic (exact) mass is 496 g/mol. The van der Waals surface area contributed by atoms with Crippen LogP contribution < -0.4 is 10.6 Å². The van der Waals surface area contributed by atoms with E-state index in [2.05, 4.69) is 20.4 Å². The standard InChI is InChI=1S/C21H43FN4O6.C2H6/c1-23-2-9-28-12-14-30-16-17-31-15-13-29-10-7-25-3-5-26(6-4-25)8-11-32-19-21(22)18-24-20-27;1-2/h20-21,23H,2-19H2,1H3,(H,24,27);1-2H3. The Bertz CT molecular complexity index is 421. The number of rotatable bonds is 23. The highest BCUT2D eigenvalue weighted by molar-refractivity contribution is 5.45. The minimum Gasteiger partial charge on any atom is -0.378 e. The molecule has 0 aliphatic carbocycles. The van der Waals surface area contributed by atoms with Crippen LogP contribution in [0.1, 0.15) is 13.8 Å². The zero-order valence-electron chi connectivity index (χ0n) is 21.6. The van der Waals surface area contributed by atoms with Crippen molar-refractivity contribution in [2.45, 2.75) is 20.0 Å². The van der Waals surface area contributed by atoms with E-state index in [0.717, 1.165) is 45.8 Å². The number of hydrogen-bond acceptors (Lipinski definition) is 9. The molecule has 204 valence electrons. The zero-order valence-corrected chi connectivity index (χ0v) is 21.6. The van der Waals surface area contributed by atoms with Crippen molar-refractivity contribution in [3.8, 4) is 0 Å². The third-order valence-electron chi connectivity index (χ3n) is 4.90. The molecule has 1 aliphatic rings. The summed E-state index contributed by atoms with van der Waals surface area (Å²) in [5.41, 5.74) is 0. The summed E-state index contributed by atoms with van der Waals surface area (Å²) in [6.07, 6.45) is -0.664. The fourth-order valence-corrected chi connectivity index (χ4v) is 3.01. The molecule has 0 saturated carbocycles. The van der Waals surface area contributed by atoms with Crippen LogP contribution >= 0.6 is 0 Å². The number of nitrogens with one attached hydrogen (secondary N) is 2. The van der Waals surface area contributed by atoms with Gasteiger partial charge in [-0.25, -0.2) is 4.39 Å². The van der Waals surface area contributed by atoms with E-state index in [1.807, 2.05) is 20.9 Å². The smallest absolute Gasteiger partial charge is 0.207 e. The summed E-state index contributed by atoms with van der Waals surface area (Å²) in [4.78, 5) is 14.8. The van der Waals surface area contributed by atoms with E-state index in [1.54, 1.807) is 0 Å². The van der Waals surface area contributed by atoms with E-state index >= 15 is 0 Å². The first-order valence-electron chi connectivity index (χ1n) is 12.6. The summed E-state index contributed by atoms with van der Waals surface area (Å²) in [6, 6.07) is 0. The van der Waals surface area contributed by atoms with Gasteiger partial charge in [-0.15, -0.1) is 0 Å². The number of halogens is 1. The Labute approximate surface area is 205 Å². The average Bonchev–Trinajstić information content (AvgIpc) is 2.87. The van der Waals surface area contributed by atoms with Crippen LogP contribution in [0.2, 0.25) is 0 Å². The fraction of sp³-hybridized carbons (Fsp3) is 0.957. The van der Waals surface area contributed by atoms with Crippen molar-refractivity contribution in [2.75, 3.05) is 125 Å². The lowest BCUT2D eigenvalue weighted by Crippen LogP contribution is -2.48. The lowest BCUT2D eigenvalue weighted by atomic mass is 10.3. The van der Waals surface area contributed by atoms with E-state index in [4.69, 9.17) is 23.7 Å². The van der Waals surface area contributed by atoms with Gasteiger partial charge in [0.05, 0.1) is 72.6 Å². The molecule has 0 aromatic heterocycles. The van der Waals surface area contributed by atoms with E-state index in [0.29, 0.717) is 65.9 Å². The molecule has 0 bridgehead atoms. The van der Waals surface area contributed by atoms with Gasteiger partial charge >= 0.3 is 0 Å². The third kappa shape index (κ3) is 21.6. The van der Waals surface area contributed by atoms with Gasteiger partial charge in [0.25, 0.3) is 0 Å². The SMILES string of the molecule is CC.CNCCOCCOCCOCCOCCN1CCN(CCOCC(F)CNC=O)CC1. The fourth-order valence-electron chi connectivity index (χ4n) is 3.01. The molecule has 1 atom stereocenters. The summed E-state index contributed by atoms with van der Waals surface area (Å²) < 4.78 is 40.6. The van der Waals surface area contributed by atoms with Crippen LogP contribution in [0.3, 0.4) is 0 Å². The molecular formula is C23H49FN4O6. The van der Waals surface area contributed by atoms with Crippen LogP contribution in [-0.2, 0) is 28.5 Å². The Morgan fingerprint density at radius 1 is 0.765 bits per heavy atom. The summed E-state index contributed by atoms with van der Waals surface area (Å²) in [7, 11) is 1.90. The van der Waals surface area contributed by atoms with Gasteiger partial charge in [0.15, 0.2) is 0 Å². The van der Waals surface area contributed by atoms with Gasteiger partial charge in [0.1, 0.15) is 6.17 Å². The number of carbonyl (C=O) groups excluding carboxylic acids is 1. The van der Waals surface area contributed by atoms with Gasteiger partial charge in [-0.3, -0.25) is 14.6 Å². The van der Waals surface area contributed by atoms with Crippen molar-refractivity contribution >= 4 is 6.41 Å². The number of nitrogens with zero attached hydrogens (tertiary/aromatic N) is 2. The van der Waals surface area contributed by atoms with Crippen molar-refractivity contribution < 1.29 is 32.9 Å². The van der Waals surface area contributed by atoms with E-state index in [1.165, 1.54) is 0 Å². The third-order valence-corrected chi connectivity index (χ3v) is 4.90. The second-order valence-corrected chi connectivity index (χ2v) is 7.43. The van der Waals surface area contributed by atoms with Crippen LogP contribution in [0.5, 0.6) is 0 Å². The molecule has 1 amide bonds. The normalized spacial score (nSPS) is 15.5. The van der Waals surface area contributed by atoms with E-state index in [9.17, 15) is 9.18 Å². The number of ether oxygens (including phenoxy) is 5. The van der Waals surface area contributed by atoms with Crippen molar-refractivity contribution in [3.05, 3.63) is 0 Å². The Hall–Kier alpha value is -0.920. The number of hydrogen-bond donors (Lipinski definition) is 2. The lowest BCUT2D eigenvalue weighted by molar-refractivity contribution is -0.109. The van der Waals surface area contributed by atoms with Gasteiger partial charge in [-0.1, -0.05) is 13.8 Å². The first-order valence-corrected chi connectivity index (χ1v) is 12.6. The summed E-state index contributed by atoms with van der Waals surface area (Å²) in [5, 5.41) is 5.33. The van der Waals surface area contributed by atoms with Crippen LogP contribution in [0.15, 0.2) is 0 Å². The first kappa shape index (κ1) is 33.1. The van der Waals surface area contributed by atoms with Gasteiger partial charge in [-0.05, 0) is 7.05 Å². The molecule has 0 spiro atoms. The van der Waals surface area contributed by atoms with Crippen molar-refractivity contribution in [1.82, 2.24) is 20.4 Å². The molecule has 1 saturated heterocycles. The quantitative estimate of drug-likeness (QED) is 0.150. The van der Waals surface area contributed by atoms with Crippen LogP contribution in [-0.4, -0.2) is 148 Å². The van der Waals surface area contributed by atoms with Crippen LogP contribution in [0.25, 0.3) is 0 Å². The maximum absolute atomic E-state index is 13.3. The minimum absolute atomic E-state index is 0.00172. The van der Waals surface area contributed by atoms with Gasteiger partial charge in [0.2, 0.25) is 6.41 Å². The predicted molar refractivity (Wildman–Crippen MR) is 131 cm³/mol. The molecule has 10 nitrogen and oxygen atoms in total. The lowest BCUT2D eigenvalue weighted by Gasteiger charge is -2.34. The molecule has 1 aliphatic heterocycles. The maximum atomic E-state index is 13.3. The Morgan fingerprint density at radius 2 is 1.21 bits per heavy atom. The largest absolute Gasteiger partial charge is 0.378 e. The van der Waals surface area contributed by atoms with E-state index < -0.39 is 6.17 Å². The van der Waals surface area contributed by atoms with E-state index in [-0.39, 0.29) is 13.2 Å².